The van der Waals surface area contributed by atoms with E-state index in [9.17, 15) is 9.59 Å². The third-order valence-corrected chi connectivity index (χ3v) is 5.45. The molecule has 1 saturated heterocycles. The molecule has 134 valence electrons. The maximum Gasteiger partial charge on any atom is 0.291 e. The highest BCUT2D eigenvalue weighted by Crippen LogP contribution is 2.33. The maximum atomic E-state index is 12.2. The SMILES string of the molecule is CCN(CC)C(=O)CCN1C(=O)S/C(=C\c2ccc(OC)cc2)C1=S. The van der Waals surface area contributed by atoms with Crippen molar-refractivity contribution in [2.24, 2.45) is 0 Å². The van der Waals surface area contributed by atoms with Gasteiger partial charge in [-0.2, -0.15) is 0 Å². The van der Waals surface area contributed by atoms with Crippen molar-refractivity contribution in [1.29, 1.82) is 0 Å². The normalized spacial score (nSPS) is 15.8. The van der Waals surface area contributed by atoms with Gasteiger partial charge < -0.3 is 9.64 Å². The quantitative estimate of drug-likeness (QED) is 0.534. The lowest BCUT2D eigenvalue weighted by Crippen LogP contribution is -2.35. The van der Waals surface area contributed by atoms with E-state index < -0.39 is 0 Å². The molecule has 1 aliphatic heterocycles. The number of ether oxygens (including phenoxy) is 1. The average Bonchev–Trinajstić information content (AvgIpc) is 2.88. The summed E-state index contributed by atoms with van der Waals surface area (Å²) in [5.74, 6) is 0.814. The highest BCUT2D eigenvalue weighted by Gasteiger charge is 2.32. The molecule has 5 nitrogen and oxygen atoms in total. The van der Waals surface area contributed by atoms with Crippen LogP contribution in [0.3, 0.4) is 0 Å². The van der Waals surface area contributed by atoms with Gasteiger partial charge in [-0.15, -0.1) is 0 Å². The number of hydrogen-bond acceptors (Lipinski definition) is 5. The first-order valence-corrected chi connectivity index (χ1v) is 9.39. The average molecular weight is 379 g/mol. The number of thioether (sulfide) groups is 1. The largest absolute Gasteiger partial charge is 0.497 e. The van der Waals surface area contributed by atoms with E-state index in [4.69, 9.17) is 17.0 Å². The van der Waals surface area contributed by atoms with E-state index in [1.54, 1.807) is 12.0 Å². The molecule has 1 heterocycles. The molecule has 7 heteroatoms. The van der Waals surface area contributed by atoms with Crippen molar-refractivity contribution in [3.63, 3.8) is 0 Å². The van der Waals surface area contributed by atoms with Gasteiger partial charge in [-0.05, 0) is 49.4 Å². The topological polar surface area (TPSA) is 49.9 Å². The fourth-order valence-corrected chi connectivity index (χ4v) is 3.78. The zero-order chi connectivity index (χ0) is 18.4. The Morgan fingerprint density at radius 3 is 2.48 bits per heavy atom. The third kappa shape index (κ3) is 4.83. The van der Waals surface area contributed by atoms with Gasteiger partial charge in [0.05, 0.1) is 12.0 Å². The van der Waals surface area contributed by atoms with Crippen LogP contribution in [0.4, 0.5) is 4.79 Å². The van der Waals surface area contributed by atoms with Gasteiger partial charge in [0.25, 0.3) is 5.24 Å². The lowest BCUT2D eigenvalue weighted by molar-refractivity contribution is -0.130. The summed E-state index contributed by atoms with van der Waals surface area (Å²) in [5, 5.41) is -0.128. The van der Waals surface area contributed by atoms with Gasteiger partial charge >= 0.3 is 0 Å². The van der Waals surface area contributed by atoms with Crippen LogP contribution >= 0.6 is 24.0 Å². The molecule has 25 heavy (non-hydrogen) atoms. The molecule has 0 bridgehead atoms. The molecule has 0 radical (unpaired) electrons. The van der Waals surface area contributed by atoms with Gasteiger partial charge in [-0.1, -0.05) is 24.4 Å². The predicted octanol–water partition coefficient (Wildman–Crippen LogP) is 3.79. The first-order chi connectivity index (χ1) is 12.0. The number of methoxy groups -OCH3 is 1. The van der Waals surface area contributed by atoms with Gasteiger partial charge in [0.1, 0.15) is 10.7 Å². The van der Waals surface area contributed by atoms with Gasteiger partial charge in [0.2, 0.25) is 5.91 Å². The molecule has 2 amide bonds. The van der Waals surface area contributed by atoms with E-state index in [1.165, 1.54) is 4.90 Å². The molecule has 0 spiro atoms. The van der Waals surface area contributed by atoms with Crippen molar-refractivity contribution < 1.29 is 14.3 Å². The second kappa shape index (κ2) is 9.01. The molecule has 0 atom stereocenters. The van der Waals surface area contributed by atoms with Crippen molar-refractivity contribution in [3.8, 4) is 5.75 Å². The molecule has 0 N–H and O–H groups in total. The van der Waals surface area contributed by atoms with Gasteiger partial charge in [-0.3, -0.25) is 14.5 Å². The van der Waals surface area contributed by atoms with Crippen molar-refractivity contribution in [3.05, 3.63) is 34.7 Å². The number of carbonyl (C=O) groups excluding carboxylic acids is 2. The van der Waals surface area contributed by atoms with Crippen LogP contribution in [-0.4, -0.2) is 52.7 Å². The van der Waals surface area contributed by atoms with E-state index in [0.717, 1.165) is 28.0 Å². The molecule has 1 aliphatic rings. The van der Waals surface area contributed by atoms with Crippen LogP contribution in [0, 0.1) is 0 Å². The Labute approximate surface area is 158 Å². The first kappa shape index (κ1) is 19.5. The number of hydrogen-bond donors (Lipinski definition) is 0. The molecule has 2 rings (SSSR count). The molecule has 0 aromatic heterocycles. The number of benzene rings is 1. The van der Waals surface area contributed by atoms with Crippen LogP contribution < -0.4 is 4.74 Å². The Hall–Kier alpha value is -1.86. The minimum Gasteiger partial charge on any atom is -0.497 e. The van der Waals surface area contributed by atoms with Crippen LogP contribution in [0.5, 0.6) is 5.75 Å². The van der Waals surface area contributed by atoms with Crippen LogP contribution in [-0.2, 0) is 4.79 Å². The third-order valence-electron chi connectivity index (χ3n) is 3.95. The van der Waals surface area contributed by atoms with E-state index in [0.29, 0.717) is 24.6 Å². The molecule has 0 aliphatic carbocycles. The summed E-state index contributed by atoms with van der Waals surface area (Å²) in [6, 6.07) is 7.53. The van der Waals surface area contributed by atoms with Crippen molar-refractivity contribution in [2.75, 3.05) is 26.7 Å². The molecule has 1 aromatic carbocycles. The second-order valence-electron chi connectivity index (χ2n) is 5.42. The van der Waals surface area contributed by atoms with E-state index in [2.05, 4.69) is 0 Å². The monoisotopic (exact) mass is 378 g/mol. The Morgan fingerprint density at radius 1 is 1.28 bits per heavy atom. The Balaban J connectivity index is 2.03. The van der Waals surface area contributed by atoms with E-state index >= 15 is 0 Å². The summed E-state index contributed by atoms with van der Waals surface area (Å²) in [6.07, 6.45) is 2.17. The van der Waals surface area contributed by atoms with Crippen LogP contribution in [0.1, 0.15) is 25.8 Å². The number of thiocarbonyl (C=S) groups is 1. The Morgan fingerprint density at radius 2 is 1.92 bits per heavy atom. The van der Waals surface area contributed by atoms with Crippen LogP contribution in [0.2, 0.25) is 0 Å². The summed E-state index contributed by atoms with van der Waals surface area (Å²) in [4.78, 5) is 28.8. The first-order valence-electron chi connectivity index (χ1n) is 8.17. The fourth-order valence-electron chi connectivity index (χ4n) is 2.49. The van der Waals surface area contributed by atoms with E-state index in [1.807, 2.05) is 44.2 Å². The van der Waals surface area contributed by atoms with Crippen LogP contribution in [0.15, 0.2) is 29.2 Å². The smallest absolute Gasteiger partial charge is 0.291 e. The molecule has 0 unspecified atom stereocenters. The Kier molecular flexibility index (Phi) is 7.01. The summed E-state index contributed by atoms with van der Waals surface area (Å²) >= 11 is 6.54. The summed E-state index contributed by atoms with van der Waals surface area (Å²) in [6.45, 7) is 5.55. The van der Waals surface area contributed by atoms with Gasteiger partial charge in [0.15, 0.2) is 0 Å². The predicted molar refractivity (Wildman–Crippen MR) is 106 cm³/mol. The molecule has 1 fully saturated rings. The van der Waals surface area contributed by atoms with Crippen molar-refractivity contribution in [2.45, 2.75) is 20.3 Å². The molecular formula is C18H22N2O3S2. The van der Waals surface area contributed by atoms with Crippen molar-refractivity contribution in [1.82, 2.24) is 9.80 Å². The van der Waals surface area contributed by atoms with Gasteiger partial charge in [0, 0.05) is 26.1 Å². The van der Waals surface area contributed by atoms with Gasteiger partial charge in [-0.25, -0.2) is 0 Å². The molecule has 1 aromatic rings. The summed E-state index contributed by atoms with van der Waals surface area (Å²) in [5.41, 5.74) is 0.944. The minimum absolute atomic E-state index is 0.0400. The number of amides is 2. The summed E-state index contributed by atoms with van der Waals surface area (Å²) < 4.78 is 5.14. The fraction of sp³-hybridized carbons (Fsp3) is 0.389. The lowest BCUT2D eigenvalue weighted by Gasteiger charge is -2.20. The minimum atomic E-state index is -0.128. The van der Waals surface area contributed by atoms with Crippen molar-refractivity contribution >= 4 is 46.2 Å². The Bertz CT molecular complexity index is 682. The zero-order valence-electron chi connectivity index (χ0n) is 14.7. The number of rotatable bonds is 7. The molecular weight excluding hydrogens is 356 g/mol. The van der Waals surface area contributed by atoms with Crippen LogP contribution in [0.25, 0.3) is 6.08 Å². The molecule has 0 saturated carbocycles. The standard InChI is InChI=1S/C18H22N2O3S2/c1-4-19(5-2)16(21)10-11-20-17(24)15(25-18(20)22)12-13-6-8-14(23-3)9-7-13/h6-9,12H,4-5,10-11H2,1-3H3/b15-12-. The number of nitrogens with zero attached hydrogens (tertiary/aromatic N) is 2. The highest BCUT2D eigenvalue weighted by atomic mass is 32.2. The zero-order valence-corrected chi connectivity index (χ0v) is 16.3. The maximum absolute atomic E-state index is 12.2. The number of carbonyl (C=O) groups is 2. The lowest BCUT2D eigenvalue weighted by atomic mass is 10.2. The summed E-state index contributed by atoms with van der Waals surface area (Å²) in [7, 11) is 1.62. The highest BCUT2D eigenvalue weighted by molar-refractivity contribution is 8.19. The second-order valence-corrected chi connectivity index (χ2v) is 6.80. The van der Waals surface area contributed by atoms with E-state index in [-0.39, 0.29) is 17.6 Å².